The fourth-order valence-electron chi connectivity index (χ4n) is 2.64. The van der Waals surface area contributed by atoms with Crippen LogP contribution in [0, 0.1) is 0 Å². The maximum Gasteiger partial charge on any atom is 0.302 e. The molecule has 1 aromatic carbocycles. The fraction of sp³-hybridized carbons (Fsp3) is 0.444. The average molecular weight is 417 g/mol. The Morgan fingerprint density at radius 1 is 1.27 bits per heavy atom. The molecule has 0 aliphatic rings. The van der Waals surface area contributed by atoms with Crippen LogP contribution >= 0.6 is 35.0 Å². The van der Waals surface area contributed by atoms with Crippen LogP contribution in [0.2, 0.25) is 10.0 Å². The minimum Gasteiger partial charge on any atom is -0.463 e. The molecule has 2 aromatic rings. The van der Waals surface area contributed by atoms with Gasteiger partial charge in [0.2, 0.25) is 0 Å². The summed E-state index contributed by atoms with van der Waals surface area (Å²) in [5.41, 5.74) is 1.06. The molecule has 0 aliphatic carbocycles. The van der Waals surface area contributed by atoms with Crippen molar-refractivity contribution < 1.29 is 14.3 Å². The van der Waals surface area contributed by atoms with E-state index in [2.05, 4.69) is 13.8 Å². The summed E-state index contributed by atoms with van der Waals surface area (Å²) in [5.74, 6) is 0.589. The van der Waals surface area contributed by atoms with Gasteiger partial charge in [0.05, 0.1) is 5.69 Å². The molecule has 0 aliphatic heterocycles. The van der Waals surface area contributed by atoms with Gasteiger partial charge < -0.3 is 14.0 Å². The normalized spacial score (nSPS) is 12.5. The molecule has 0 saturated heterocycles. The number of nitrogens with zero attached hydrogens (tertiary/aromatic N) is 2. The minimum atomic E-state index is -0.446. The number of methoxy groups -OCH3 is 1. The molecule has 0 amide bonds. The quantitative estimate of drug-likeness (QED) is 0.576. The Morgan fingerprint density at radius 2 is 1.88 bits per heavy atom. The van der Waals surface area contributed by atoms with E-state index in [1.165, 1.54) is 18.7 Å². The summed E-state index contributed by atoms with van der Waals surface area (Å²) < 4.78 is 12.6. The molecule has 0 spiro atoms. The predicted octanol–water partition coefficient (Wildman–Crippen LogP) is 5.25. The van der Waals surface area contributed by atoms with Crippen molar-refractivity contribution in [2.75, 3.05) is 13.7 Å². The number of carbonyl (C=O) groups excluding carboxylic acids is 1. The monoisotopic (exact) mass is 416 g/mol. The van der Waals surface area contributed by atoms with Gasteiger partial charge in [0.15, 0.2) is 0 Å². The third kappa shape index (κ3) is 5.16. The van der Waals surface area contributed by atoms with Crippen molar-refractivity contribution in [3.8, 4) is 0 Å². The van der Waals surface area contributed by atoms with Crippen LogP contribution in [0.25, 0.3) is 0 Å². The number of imidazole rings is 1. The van der Waals surface area contributed by atoms with Crippen LogP contribution in [-0.2, 0) is 21.3 Å². The summed E-state index contributed by atoms with van der Waals surface area (Å²) in [6.45, 7) is 5.68. The lowest BCUT2D eigenvalue weighted by atomic mass is 10.1. The molecule has 1 heterocycles. The van der Waals surface area contributed by atoms with Gasteiger partial charge in [-0.3, -0.25) is 4.79 Å². The van der Waals surface area contributed by atoms with Crippen molar-refractivity contribution in [2.24, 2.45) is 7.05 Å². The third-order valence-corrected chi connectivity index (χ3v) is 5.15. The van der Waals surface area contributed by atoms with E-state index in [9.17, 15) is 4.79 Å². The highest BCUT2D eigenvalue weighted by Gasteiger charge is 2.25. The molecular weight excluding hydrogens is 395 g/mol. The molecule has 0 N–H and O–H groups in total. The first-order chi connectivity index (χ1) is 12.2. The maximum absolute atomic E-state index is 11.1. The zero-order valence-electron chi connectivity index (χ0n) is 15.4. The molecule has 0 radical (unpaired) electrons. The van der Waals surface area contributed by atoms with E-state index in [1.54, 1.807) is 13.2 Å². The van der Waals surface area contributed by atoms with E-state index >= 15 is 0 Å². The number of ether oxygens (including phenoxy) is 2. The summed E-state index contributed by atoms with van der Waals surface area (Å²) in [7, 11) is 3.51. The number of hydrogen-bond donors (Lipinski definition) is 0. The highest BCUT2D eigenvalue weighted by atomic mass is 35.5. The van der Waals surface area contributed by atoms with Gasteiger partial charge in [0.25, 0.3) is 0 Å². The first-order valence-electron chi connectivity index (χ1n) is 8.09. The molecule has 26 heavy (non-hydrogen) atoms. The van der Waals surface area contributed by atoms with Gasteiger partial charge in [0, 0.05) is 36.0 Å². The van der Waals surface area contributed by atoms with E-state index in [0.29, 0.717) is 15.9 Å². The van der Waals surface area contributed by atoms with Crippen molar-refractivity contribution in [1.82, 2.24) is 9.55 Å². The smallest absolute Gasteiger partial charge is 0.302 e. The van der Waals surface area contributed by atoms with Crippen LogP contribution in [0.1, 0.15) is 44.3 Å². The summed E-state index contributed by atoms with van der Waals surface area (Å²) in [5, 5.41) is 2.00. The van der Waals surface area contributed by atoms with E-state index in [-0.39, 0.29) is 18.5 Å². The molecule has 1 aromatic heterocycles. The second-order valence-corrected chi connectivity index (χ2v) is 8.04. The molecular formula is C18H22Cl2N2O3S. The second kappa shape index (κ2) is 9.13. The van der Waals surface area contributed by atoms with E-state index < -0.39 is 6.10 Å². The van der Waals surface area contributed by atoms with Crippen LogP contribution in [0.5, 0.6) is 0 Å². The topological polar surface area (TPSA) is 53.4 Å². The first-order valence-corrected chi connectivity index (χ1v) is 9.66. The Balaban J connectivity index is 2.40. The lowest BCUT2D eigenvalue weighted by Crippen LogP contribution is -2.17. The molecule has 2 rings (SSSR count). The Labute approximate surface area is 168 Å². The van der Waals surface area contributed by atoms with Gasteiger partial charge in [0.1, 0.15) is 23.6 Å². The van der Waals surface area contributed by atoms with Crippen LogP contribution in [0.15, 0.2) is 28.1 Å². The van der Waals surface area contributed by atoms with Crippen LogP contribution < -0.4 is 0 Å². The molecule has 142 valence electrons. The van der Waals surface area contributed by atoms with Crippen molar-refractivity contribution in [2.45, 2.75) is 42.7 Å². The fourth-order valence-corrected chi connectivity index (χ4v) is 4.51. The first kappa shape index (κ1) is 21.1. The zero-order valence-corrected chi connectivity index (χ0v) is 17.7. The SMILES string of the molecule is COC(COC(C)=O)c1nc(Sc2cc(Cl)cc(Cl)c2)c(C(C)C)n1C. The summed E-state index contributed by atoms with van der Waals surface area (Å²) in [4.78, 5) is 16.8. The summed E-state index contributed by atoms with van der Waals surface area (Å²) in [6.07, 6.45) is -0.446. The third-order valence-electron chi connectivity index (χ3n) is 3.75. The van der Waals surface area contributed by atoms with Crippen molar-refractivity contribution in [1.29, 1.82) is 0 Å². The van der Waals surface area contributed by atoms with E-state index in [0.717, 1.165) is 15.6 Å². The Bertz CT molecular complexity index is 773. The molecule has 0 saturated carbocycles. The highest BCUT2D eigenvalue weighted by Crippen LogP contribution is 2.37. The van der Waals surface area contributed by atoms with Crippen molar-refractivity contribution in [3.63, 3.8) is 0 Å². The largest absolute Gasteiger partial charge is 0.463 e. The Hall–Kier alpha value is -1.21. The predicted molar refractivity (Wildman–Crippen MR) is 104 cm³/mol. The maximum atomic E-state index is 11.1. The number of esters is 1. The van der Waals surface area contributed by atoms with Crippen molar-refractivity contribution in [3.05, 3.63) is 39.8 Å². The minimum absolute atomic E-state index is 0.112. The van der Waals surface area contributed by atoms with Crippen LogP contribution in [0.3, 0.4) is 0 Å². The van der Waals surface area contributed by atoms with Crippen molar-refractivity contribution >= 4 is 40.9 Å². The standard InChI is InChI=1S/C18H22Cl2N2O3S/c1-10(2)16-18(26-14-7-12(19)6-13(20)8-14)21-17(22(16)4)15(24-5)9-25-11(3)23/h6-8,10,15H,9H2,1-5H3. The number of carbonyl (C=O) groups is 1. The molecule has 5 nitrogen and oxygen atoms in total. The lowest BCUT2D eigenvalue weighted by molar-refractivity contribution is -0.144. The van der Waals surface area contributed by atoms with Gasteiger partial charge in [-0.15, -0.1) is 0 Å². The number of benzene rings is 1. The van der Waals surface area contributed by atoms with E-state index in [4.69, 9.17) is 37.7 Å². The van der Waals surface area contributed by atoms with Gasteiger partial charge in [-0.1, -0.05) is 48.8 Å². The van der Waals surface area contributed by atoms with Crippen LogP contribution in [0.4, 0.5) is 0 Å². The van der Waals surface area contributed by atoms with Gasteiger partial charge in [-0.25, -0.2) is 4.98 Å². The highest BCUT2D eigenvalue weighted by molar-refractivity contribution is 7.99. The molecule has 1 atom stereocenters. The lowest BCUT2D eigenvalue weighted by Gasteiger charge is -2.16. The summed E-state index contributed by atoms with van der Waals surface area (Å²) in [6, 6.07) is 5.40. The zero-order chi connectivity index (χ0) is 19.4. The molecule has 0 bridgehead atoms. The van der Waals surface area contributed by atoms with Gasteiger partial charge in [-0.05, 0) is 24.1 Å². The summed E-state index contributed by atoms with van der Waals surface area (Å²) >= 11 is 13.7. The molecule has 8 heteroatoms. The van der Waals surface area contributed by atoms with Gasteiger partial charge in [-0.2, -0.15) is 0 Å². The number of halogens is 2. The van der Waals surface area contributed by atoms with Gasteiger partial charge >= 0.3 is 5.97 Å². The average Bonchev–Trinajstić information content (AvgIpc) is 2.83. The number of rotatable bonds is 7. The Kier molecular flexibility index (Phi) is 7.41. The second-order valence-electron chi connectivity index (χ2n) is 6.11. The number of aromatic nitrogens is 2. The molecule has 0 fully saturated rings. The Morgan fingerprint density at radius 3 is 2.38 bits per heavy atom. The molecule has 1 unspecified atom stereocenters. The van der Waals surface area contributed by atoms with Crippen LogP contribution in [-0.4, -0.2) is 29.2 Å². The van der Waals surface area contributed by atoms with E-state index in [1.807, 2.05) is 23.7 Å². The number of hydrogen-bond acceptors (Lipinski definition) is 5.